The van der Waals surface area contributed by atoms with Crippen LogP contribution in [0, 0.1) is 0 Å². The van der Waals surface area contributed by atoms with Crippen molar-refractivity contribution >= 4 is 17.5 Å². The van der Waals surface area contributed by atoms with E-state index in [-0.39, 0.29) is 11.8 Å². The number of benzene rings is 2. The summed E-state index contributed by atoms with van der Waals surface area (Å²) in [6.45, 7) is 6.23. The highest BCUT2D eigenvalue weighted by Gasteiger charge is 2.16. The molecule has 2 aromatic rings. The molecule has 0 radical (unpaired) electrons. The van der Waals surface area contributed by atoms with E-state index in [1.54, 1.807) is 0 Å². The van der Waals surface area contributed by atoms with Crippen molar-refractivity contribution < 1.29 is 9.59 Å². The Kier molecular flexibility index (Phi) is 8.72. The largest absolute Gasteiger partial charge is 0.369 e. The van der Waals surface area contributed by atoms with Crippen molar-refractivity contribution in [3.05, 3.63) is 66.2 Å². The molecule has 0 aliphatic carbocycles. The Balaban J connectivity index is 1.20. The molecule has 1 saturated heterocycles. The first-order valence-corrected chi connectivity index (χ1v) is 10.8. The van der Waals surface area contributed by atoms with Crippen LogP contribution in [0.3, 0.4) is 0 Å². The molecule has 0 spiro atoms. The second-order valence-corrected chi connectivity index (χ2v) is 7.63. The number of carbonyl (C=O) groups is 2. The summed E-state index contributed by atoms with van der Waals surface area (Å²) in [7, 11) is 0. The number of hydrogen-bond acceptors (Lipinski definition) is 4. The van der Waals surface area contributed by atoms with Crippen LogP contribution in [0.5, 0.6) is 0 Å². The van der Waals surface area contributed by atoms with Gasteiger partial charge in [-0.05, 0) is 30.7 Å². The maximum Gasteiger partial charge on any atom is 0.224 e. The van der Waals surface area contributed by atoms with Gasteiger partial charge in [0.2, 0.25) is 11.8 Å². The van der Waals surface area contributed by atoms with Crippen molar-refractivity contribution in [3.63, 3.8) is 0 Å². The van der Waals surface area contributed by atoms with E-state index in [1.807, 2.05) is 36.4 Å². The molecule has 2 aromatic carbocycles. The fourth-order valence-corrected chi connectivity index (χ4v) is 3.65. The first-order valence-electron chi connectivity index (χ1n) is 10.8. The Morgan fingerprint density at radius 3 is 2.10 bits per heavy atom. The molecule has 1 aliphatic rings. The van der Waals surface area contributed by atoms with E-state index in [2.05, 4.69) is 44.7 Å². The number of anilines is 1. The number of piperazine rings is 1. The SMILES string of the molecule is O=C(CCNC(=O)Cc1ccccc1)NCCCN1CCN(c2ccccc2)CC1. The number of amides is 2. The number of nitrogens with one attached hydrogen (secondary N) is 2. The van der Waals surface area contributed by atoms with Crippen molar-refractivity contribution in [3.8, 4) is 0 Å². The van der Waals surface area contributed by atoms with E-state index >= 15 is 0 Å². The topological polar surface area (TPSA) is 64.7 Å². The van der Waals surface area contributed by atoms with Gasteiger partial charge in [-0.15, -0.1) is 0 Å². The van der Waals surface area contributed by atoms with Crippen LogP contribution in [0.4, 0.5) is 5.69 Å². The molecule has 2 N–H and O–H groups in total. The van der Waals surface area contributed by atoms with Crippen molar-refractivity contribution in [1.29, 1.82) is 0 Å². The van der Waals surface area contributed by atoms with Gasteiger partial charge in [-0.3, -0.25) is 14.5 Å². The average Bonchev–Trinajstić information content (AvgIpc) is 2.78. The van der Waals surface area contributed by atoms with E-state index in [0.717, 1.165) is 44.7 Å². The second kappa shape index (κ2) is 12.0. The molecule has 1 heterocycles. The molecule has 1 aliphatic heterocycles. The van der Waals surface area contributed by atoms with Gasteiger partial charge in [0.1, 0.15) is 0 Å². The summed E-state index contributed by atoms with van der Waals surface area (Å²) in [6.07, 6.45) is 1.60. The van der Waals surface area contributed by atoms with E-state index in [9.17, 15) is 9.59 Å². The Labute approximate surface area is 179 Å². The average molecular weight is 409 g/mol. The Morgan fingerprint density at radius 2 is 1.40 bits per heavy atom. The summed E-state index contributed by atoms with van der Waals surface area (Å²) in [5, 5.41) is 5.76. The van der Waals surface area contributed by atoms with Crippen LogP contribution >= 0.6 is 0 Å². The molecule has 6 heteroatoms. The molecule has 6 nitrogen and oxygen atoms in total. The third kappa shape index (κ3) is 7.52. The number of para-hydroxylation sites is 1. The predicted octanol–water partition coefficient (Wildman–Crippen LogP) is 2.06. The lowest BCUT2D eigenvalue weighted by atomic mass is 10.1. The number of rotatable bonds is 10. The Morgan fingerprint density at radius 1 is 0.767 bits per heavy atom. The van der Waals surface area contributed by atoms with Gasteiger partial charge in [0.25, 0.3) is 0 Å². The minimum atomic E-state index is -0.0522. The quantitative estimate of drug-likeness (QED) is 0.591. The standard InChI is InChI=1S/C24H32N4O2/c29-23(12-14-26-24(30)20-21-8-3-1-4-9-21)25-13-7-15-27-16-18-28(19-17-27)22-10-5-2-6-11-22/h1-6,8-11H,7,12-20H2,(H,25,29)(H,26,30). The maximum absolute atomic E-state index is 12.0. The molecule has 0 bridgehead atoms. The van der Waals surface area contributed by atoms with Gasteiger partial charge < -0.3 is 15.5 Å². The van der Waals surface area contributed by atoms with Gasteiger partial charge in [0.05, 0.1) is 6.42 Å². The fourth-order valence-electron chi connectivity index (χ4n) is 3.65. The minimum Gasteiger partial charge on any atom is -0.369 e. The van der Waals surface area contributed by atoms with E-state index in [0.29, 0.717) is 25.9 Å². The molecule has 0 atom stereocenters. The maximum atomic E-state index is 12.0. The Hall–Kier alpha value is -2.86. The van der Waals surface area contributed by atoms with Crippen molar-refractivity contribution in [1.82, 2.24) is 15.5 Å². The lowest BCUT2D eigenvalue weighted by Gasteiger charge is -2.36. The van der Waals surface area contributed by atoms with Gasteiger partial charge in [-0.1, -0.05) is 48.5 Å². The van der Waals surface area contributed by atoms with Crippen LogP contribution in [0.15, 0.2) is 60.7 Å². The van der Waals surface area contributed by atoms with E-state index in [4.69, 9.17) is 0 Å². The Bertz CT molecular complexity index is 774. The summed E-state index contributed by atoms with van der Waals surface area (Å²) < 4.78 is 0. The van der Waals surface area contributed by atoms with Crippen LogP contribution in [-0.4, -0.2) is 62.5 Å². The summed E-state index contributed by atoms with van der Waals surface area (Å²) in [4.78, 5) is 28.7. The summed E-state index contributed by atoms with van der Waals surface area (Å²) in [5.41, 5.74) is 2.27. The minimum absolute atomic E-state index is 0.0103. The lowest BCUT2D eigenvalue weighted by Crippen LogP contribution is -2.47. The summed E-state index contributed by atoms with van der Waals surface area (Å²) >= 11 is 0. The molecule has 3 rings (SSSR count). The van der Waals surface area contributed by atoms with Crippen LogP contribution < -0.4 is 15.5 Å². The molecular weight excluding hydrogens is 376 g/mol. The van der Waals surface area contributed by atoms with Gasteiger partial charge in [0, 0.05) is 51.4 Å². The molecule has 0 unspecified atom stereocenters. The summed E-state index contributed by atoms with van der Waals surface area (Å²) in [6, 6.07) is 20.1. The zero-order chi connectivity index (χ0) is 21.0. The molecule has 0 saturated carbocycles. The smallest absolute Gasteiger partial charge is 0.224 e. The van der Waals surface area contributed by atoms with Gasteiger partial charge in [-0.25, -0.2) is 0 Å². The van der Waals surface area contributed by atoms with E-state index < -0.39 is 0 Å². The third-order valence-corrected chi connectivity index (χ3v) is 5.35. The first kappa shape index (κ1) is 21.8. The van der Waals surface area contributed by atoms with Crippen molar-refractivity contribution in [2.24, 2.45) is 0 Å². The van der Waals surface area contributed by atoms with Crippen LogP contribution in [-0.2, 0) is 16.0 Å². The van der Waals surface area contributed by atoms with Crippen molar-refractivity contribution in [2.45, 2.75) is 19.3 Å². The van der Waals surface area contributed by atoms with Crippen LogP contribution in [0.2, 0.25) is 0 Å². The first-order chi connectivity index (χ1) is 14.7. The fraction of sp³-hybridized carbons (Fsp3) is 0.417. The predicted molar refractivity (Wildman–Crippen MR) is 120 cm³/mol. The second-order valence-electron chi connectivity index (χ2n) is 7.63. The number of carbonyl (C=O) groups excluding carboxylic acids is 2. The lowest BCUT2D eigenvalue weighted by molar-refractivity contribution is -0.122. The zero-order valence-corrected chi connectivity index (χ0v) is 17.6. The molecular formula is C24H32N4O2. The molecule has 1 fully saturated rings. The van der Waals surface area contributed by atoms with Gasteiger partial charge >= 0.3 is 0 Å². The zero-order valence-electron chi connectivity index (χ0n) is 17.6. The van der Waals surface area contributed by atoms with Crippen LogP contribution in [0.25, 0.3) is 0 Å². The third-order valence-electron chi connectivity index (χ3n) is 5.35. The van der Waals surface area contributed by atoms with Gasteiger partial charge in [0.15, 0.2) is 0 Å². The van der Waals surface area contributed by atoms with E-state index in [1.165, 1.54) is 5.69 Å². The monoisotopic (exact) mass is 408 g/mol. The molecule has 30 heavy (non-hydrogen) atoms. The summed E-state index contributed by atoms with van der Waals surface area (Å²) in [5.74, 6) is -0.0625. The molecule has 2 amide bonds. The van der Waals surface area contributed by atoms with Crippen LogP contribution in [0.1, 0.15) is 18.4 Å². The number of hydrogen-bond donors (Lipinski definition) is 2. The van der Waals surface area contributed by atoms with Gasteiger partial charge in [-0.2, -0.15) is 0 Å². The highest BCUT2D eigenvalue weighted by atomic mass is 16.2. The highest BCUT2D eigenvalue weighted by molar-refractivity contribution is 5.80. The molecule has 160 valence electrons. The number of nitrogens with zero attached hydrogens (tertiary/aromatic N) is 2. The molecule has 0 aromatic heterocycles. The van der Waals surface area contributed by atoms with Crippen molar-refractivity contribution in [2.75, 3.05) is 50.7 Å². The highest BCUT2D eigenvalue weighted by Crippen LogP contribution is 2.15. The normalized spacial score (nSPS) is 14.3.